The lowest BCUT2D eigenvalue weighted by molar-refractivity contribution is 0.393. The highest BCUT2D eigenvalue weighted by Crippen LogP contribution is 2.31. The Kier molecular flexibility index (Phi) is 5.25. The monoisotopic (exact) mass is 407 g/mol. The summed E-state index contributed by atoms with van der Waals surface area (Å²) in [4.78, 5) is 0. The molecule has 0 saturated heterocycles. The molecule has 2 heterocycles. The Morgan fingerprint density at radius 2 is 1.96 bits per heavy atom. The molecule has 8 heteroatoms. The van der Waals surface area contributed by atoms with E-state index in [2.05, 4.69) is 54.8 Å². The highest BCUT2D eigenvalue weighted by Gasteiger charge is 2.19. The summed E-state index contributed by atoms with van der Waals surface area (Å²) in [5.41, 5.74) is 2.10. The van der Waals surface area contributed by atoms with Crippen LogP contribution in [0.25, 0.3) is 11.4 Å². The number of benzene rings is 1. The van der Waals surface area contributed by atoms with Gasteiger partial charge < -0.3 is 9.30 Å². The van der Waals surface area contributed by atoms with E-state index >= 15 is 0 Å². The number of halogens is 1. The molecule has 0 bridgehead atoms. The van der Waals surface area contributed by atoms with Crippen LogP contribution in [0.5, 0.6) is 5.88 Å². The predicted molar refractivity (Wildman–Crippen MR) is 98.2 cm³/mol. The summed E-state index contributed by atoms with van der Waals surface area (Å²) in [6.45, 7) is 2.86. The highest BCUT2D eigenvalue weighted by atomic mass is 79.9. The molecule has 2 aromatic heterocycles. The highest BCUT2D eigenvalue weighted by molar-refractivity contribution is 9.10. The number of aromatic nitrogens is 5. The van der Waals surface area contributed by atoms with Crippen LogP contribution < -0.4 is 4.74 Å². The molecule has 0 atom stereocenters. The summed E-state index contributed by atoms with van der Waals surface area (Å²) in [5, 5.41) is 13.9. The molecule has 3 aromatic rings. The number of hydrogen-bond donors (Lipinski definition) is 0. The molecule has 0 unspecified atom stereocenters. The van der Waals surface area contributed by atoms with Crippen molar-refractivity contribution in [3.63, 3.8) is 0 Å². The summed E-state index contributed by atoms with van der Waals surface area (Å²) in [7, 11) is 3.48. The zero-order valence-corrected chi connectivity index (χ0v) is 16.1. The van der Waals surface area contributed by atoms with E-state index in [0.29, 0.717) is 5.88 Å². The molecular formula is C16H18BrN5OS. The molecule has 24 heavy (non-hydrogen) atoms. The van der Waals surface area contributed by atoms with Crippen molar-refractivity contribution >= 4 is 27.7 Å². The molecular weight excluding hydrogens is 390 g/mol. The smallest absolute Gasteiger partial charge is 0.243 e. The Morgan fingerprint density at radius 3 is 2.62 bits per heavy atom. The molecule has 3 rings (SSSR count). The summed E-state index contributed by atoms with van der Waals surface area (Å²) in [6.07, 6.45) is 1.90. The standard InChI is InChI=1S/C16H18BrN5OS/c1-4-22-14(13-9-21(2)20-15(13)23-3)18-19-16(22)24-10-11-5-7-12(17)8-6-11/h5-9H,4,10H2,1-3H3. The molecule has 0 aliphatic carbocycles. The number of hydrogen-bond acceptors (Lipinski definition) is 5. The Hall–Kier alpha value is -1.80. The minimum Gasteiger partial charge on any atom is -0.479 e. The van der Waals surface area contributed by atoms with Crippen LogP contribution in [-0.2, 0) is 19.3 Å². The molecule has 126 valence electrons. The van der Waals surface area contributed by atoms with Gasteiger partial charge in [-0.15, -0.1) is 15.3 Å². The second kappa shape index (κ2) is 7.40. The fourth-order valence-electron chi connectivity index (χ4n) is 2.38. The van der Waals surface area contributed by atoms with Crippen molar-refractivity contribution in [3.8, 4) is 17.3 Å². The SMILES string of the molecule is CCn1c(SCc2ccc(Br)cc2)nnc1-c1cn(C)nc1OC. The van der Waals surface area contributed by atoms with Crippen LogP contribution >= 0.6 is 27.7 Å². The quantitative estimate of drug-likeness (QED) is 0.582. The van der Waals surface area contributed by atoms with Crippen molar-refractivity contribution in [1.82, 2.24) is 24.5 Å². The summed E-state index contributed by atoms with van der Waals surface area (Å²) in [6, 6.07) is 8.31. The van der Waals surface area contributed by atoms with E-state index in [4.69, 9.17) is 4.74 Å². The van der Waals surface area contributed by atoms with Gasteiger partial charge in [0.15, 0.2) is 11.0 Å². The lowest BCUT2D eigenvalue weighted by atomic mass is 10.2. The lowest BCUT2D eigenvalue weighted by Gasteiger charge is -2.07. The zero-order chi connectivity index (χ0) is 17.1. The van der Waals surface area contributed by atoms with Crippen molar-refractivity contribution < 1.29 is 4.74 Å². The van der Waals surface area contributed by atoms with Gasteiger partial charge in [-0.2, -0.15) is 0 Å². The number of ether oxygens (including phenoxy) is 1. The van der Waals surface area contributed by atoms with Crippen molar-refractivity contribution in [2.75, 3.05) is 7.11 Å². The number of methoxy groups -OCH3 is 1. The maximum atomic E-state index is 5.35. The van der Waals surface area contributed by atoms with E-state index in [0.717, 1.165) is 33.3 Å². The van der Waals surface area contributed by atoms with Gasteiger partial charge in [-0.1, -0.05) is 39.8 Å². The second-order valence-electron chi connectivity index (χ2n) is 5.19. The third-order valence-electron chi connectivity index (χ3n) is 3.54. The van der Waals surface area contributed by atoms with Gasteiger partial charge in [0.2, 0.25) is 5.88 Å². The first kappa shape index (κ1) is 17.0. The number of nitrogens with zero attached hydrogens (tertiary/aromatic N) is 5. The molecule has 0 radical (unpaired) electrons. The van der Waals surface area contributed by atoms with Crippen LogP contribution in [0.4, 0.5) is 0 Å². The molecule has 0 saturated carbocycles. The van der Waals surface area contributed by atoms with Crippen LogP contribution in [-0.4, -0.2) is 31.7 Å². The van der Waals surface area contributed by atoms with Crippen molar-refractivity contribution in [2.45, 2.75) is 24.4 Å². The summed E-state index contributed by atoms with van der Waals surface area (Å²) in [5.74, 6) is 2.18. The van der Waals surface area contributed by atoms with Gasteiger partial charge in [-0.3, -0.25) is 4.68 Å². The van der Waals surface area contributed by atoms with Crippen molar-refractivity contribution in [1.29, 1.82) is 0 Å². The fourth-order valence-corrected chi connectivity index (χ4v) is 3.60. The molecule has 0 N–H and O–H groups in total. The number of thioether (sulfide) groups is 1. The number of aryl methyl sites for hydroxylation is 1. The average Bonchev–Trinajstić information content (AvgIpc) is 3.16. The molecule has 0 aliphatic rings. The van der Waals surface area contributed by atoms with Crippen LogP contribution in [0.3, 0.4) is 0 Å². The molecule has 6 nitrogen and oxygen atoms in total. The van der Waals surface area contributed by atoms with Crippen LogP contribution in [0.15, 0.2) is 40.1 Å². The van der Waals surface area contributed by atoms with E-state index in [9.17, 15) is 0 Å². The zero-order valence-electron chi connectivity index (χ0n) is 13.7. The topological polar surface area (TPSA) is 57.8 Å². The fraction of sp³-hybridized carbons (Fsp3) is 0.312. The Bertz CT molecular complexity index is 828. The first-order chi connectivity index (χ1) is 11.6. The average molecular weight is 408 g/mol. The molecule has 0 fully saturated rings. The van der Waals surface area contributed by atoms with E-state index in [1.165, 1.54) is 5.56 Å². The van der Waals surface area contributed by atoms with E-state index in [1.807, 2.05) is 25.4 Å². The van der Waals surface area contributed by atoms with Gasteiger partial charge >= 0.3 is 0 Å². The number of rotatable bonds is 6. The van der Waals surface area contributed by atoms with Gasteiger partial charge in [0.1, 0.15) is 5.56 Å². The van der Waals surface area contributed by atoms with Gasteiger partial charge in [0, 0.05) is 30.0 Å². The van der Waals surface area contributed by atoms with Gasteiger partial charge in [-0.05, 0) is 24.6 Å². The molecule has 1 aromatic carbocycles. The van der Waals surface area contributed by atoms with Crippen LogP contribution in [0.2, 0.25) is 0 Å². The van der Waals surface area contributed by atoms with E-state index in [-0.39, 0.29) is 0 Å². The first-order valence-electron chi connectivity index (χ1n) is 7.50. The van der Waals surface area contributed by atoms with Gasteiger partial charge in [-0.25, -0.2) is 0 Å². The third-order valence-corrected chi connectivity index (χ3v) is 5.11. The Labute approximate surface area is 153 Å². The molecule has 0 amide bonds. The molecule has 0 spiro atoms. The summed E-state index contributed by atoms with van der Waals surface area (Å²) < 4.78 is 10.2. The van der Waals surface area contributed by atoms with Crippen LogP contribution in [0.1, 0.15) is 12.5 Å². The van der Waals surface area contributed by atoms with Crippen molar-refractivity contribution in [2.24, 2.45) is 7.05 Å². The van der Waals surface area contributed by atoms with E-state index < -0.39 is 0 Å². The minimum atomic E-state index is 0.559. The first-order valence-corrected chi connectivity index (χ1v) is 9.28. The largest absolute Gasteiger partial charge is 0.479 e. The maximum Gasteiger partial charge on any atom is 0.243 e. The second-order valence-corrected chi connectivity index (χ2v) is 7.05. The van der Waals surface area contributed by atoms with E-state index in [1.54, 1.807) is 23.6 Å². The predicted octanol–water partition coefficient (Wildman–Crippen LogP) is 3.76. The normalized spacial score (nSPS) is 11.0. The lowest BCUT2D eigenvalue weighted by Crippen LogP contribution is -2.00. The third kappa shape index (κ3) is 3.49. The van der Waals surface area contributed by atoms with Crippen molar-refractivity contribution in [3.05, 3.63) is 40.5 Å². The Morgan fingerprint density at radius 1 is 1.21 bits per heavy atom. The minimum absolute atomic E-state index is 0.559. The molecule has 0 aliphatic heterocycles. The van der Waals surface area contributed by atoms with Gasteiger partial charge in [0.25, 0.3) is 0 Å². The Balaban J connectivity index is 1.85. The van der Waals surface area contributed by atoms with Gasteiger partial charge in [0.05, 0.1) is 7.11 Å². The summed E-state index contributed by atoms with van der Waals surface area (Å²) >= 11 is 5.13. The maximum absolute atomic E-state index is 5.35. The van der Waals surface area contributed by atoms with Crippen LogP contribution in [0, 0.1) is 0 Å².